The van der Waals surface area contributed by atoms with Gasteiger partial charge in [0.25, 0.3) is 0 Å². The number of ether oxygens (including phenoxy) is 1. The highest BCUT2D eigenvalue weighted by molar-refractivity contribution is 5.77. The van der Waals surface area contributed by atoms with E-state index in [2.05, 4.69) is 6.92 Å². The molecule has 78 valence electrons. The number of hydrogen-bond donors (Lipinski definition) is 0. The Morgan fingerprint density at radius 3 is 2.54 bits per heavy atom. The maximum atomic E-state index is 11.4. The van der Waals surface area contributed by atoms with Gasteiger partial charge in [-0.15, -0.1) is 0 Å². The van der Waals surface area contributed by atoms with Crippen LogP contribution >= 0.6 is 0 Å². The first-order valence-electron chi connectivity index (χ1n) is 4.93. The summed E-state index contributed by atoms with van der Waals surface area (Å²) in [7, 11) is 1.82. The second kappa shape index (κ2) is 6.89. The molecule has 0 fully saturated rings. The molecular weight excluding hydrogens is 166 g/mol. The van der Waals surface area contributed by atoms with Crippen molar-refractivity contribution in [1.82, 2.24) is 4.90 Å². The third-order valence-electron chi connectivity index (χ3n) is 1.81. The van der Waals surface area contributed by atoms with Crippen LogP contribution in [0.25, 0.3) is 0 Å². The topological polar surface area (TPSA) is 29.5 Å². The Morgan fingerprint density at radius 2 is 2.08 bits per heavy atom. The van der Waals surface area contributed by atoms with E-state index in [9.17, 15) is 4.79 Å². The van der Waals surface area contributed by atoms with Gasteiger partial charge in [0.15, 0.2) is 0 Å². The van der Waals surface area contributed by atoms with E-state index in [-0.39, 0.29) is 18.6 Å². The minimum atomic E-state index is 0.0714. The summed E-state index contributed by atoms with van der Waals surface area (Å²) in [5.41, 5.74) is 0. The van der Waals surface area contributed by atoms with Crippen molar-refractivity contribution in [1.29, 1.82) is 0 Å². The monoisotopic (exact) mass is 187 g/mol. The van der Waals surface area contributed by atoms with Gasteiger partial charge < -0.3 is 9.64 Å². The summed E-state index contributed by atoms with van der Waals surface area (Å²) >= 11 is 0. The van der Waals surface area contributed by atoms with Gasteiger partial charge in [-0.25, -0.2) is 0 Å². The van der Waals surface area contributed by atoms with Crippen molar-refractivity contribution in [2.45, 2.75) is 39.7 Å². The smallest absolute Gasteiger partial charge is 0.248 e. The Labute approximate surface area is 81.1 Å². The van der Waals surface area contributed by atoms with E-state index in [0.29, 0.717) is 0 Å². The molecule has 3 nitrogen and oxygen atoms in total. The lowest BCUT2D eigenvalue weighted by atomic mass is 10.3. The standard InChI is InChI=1S/C10H21NO2/c1-5-6-7-11(4)10(12)8-13-9(2)3/h9H,5-8H2,1-4H3. The first kappa shape index (κ1) is 12.4. The zero-order chi connectivity index (χ0) is 10.3. The molecule has 0 heterocycles. The van der Waals surface area contributed by atoms with Crippen LogP contribution in [0.15, 0.2) is 0 Å². The zero-order valence-corrected chi connectivity index (χ0v) is 9.17. The molecule has 0 N–H and O–H groups in total. The van der Waals surface area contributed by atoms with Crippen molar-refractivity contribution < 1.29 is 9.53 Å². The normalized spacial score (nSPS) is 10.5. The maximum Gasteiger partial charge on any atom is 0.248 e. The number of unbranched alkanes of at least 4 members (excludes halogenated alkanes) is 1. The first-order chi connectivity index (χ1) is 6.07. The van der Waals surface area contributed by atoms with Crippen LogP contribution in [0.1, 0.15) is 33.6 Å². The number of carbonyl (C=O) groups excluding carboxylic acids is 1. The van der Waals surface area contributed by atoms with Crippen LogP contribution in [0.3, 0.4) is 0 Å². The van der Waals surface area contributed by atoms with Gasteiger partial charge in [0.05, 0.1) is 6.10 Å². The van der Waals surface area contributed by atoms with Crippen molar-refractivity contribution >= 4 is 5.91 Å². The minimum Gasteiger partial charge on any atom is -0.369 e. The van der Waals surface area contributed by atoms with Crippen LogP contribution in [0.5, 0.6) is 0 Å². The first-order valence-corrected chi connectivity index (χ1v) is 4.93. The molecule has 0 aliphatic carbocycles. The van der Waals surface area contributed by atoms with Crippen LogP contribution < -0.4 is 0 Å². The van der Waals surface area contributed by atoms with Crippen molar-refractivity contribution in [3.05, 3.63) is 0 Å². The van der Waals surface area contributed by atoms with E-state index < -0.39 is 0 Å². The van der Waals surface area contributed by atoms with Crippen molar-refractivity contribution in [2.75, 3.05) is 20.2 Å². The van der Waals surface area contributed by atoms with Gasteiger partial charge in [0, 0.05) is 13.6 Å². The molecule has 0 atom stereocenters. The molecule has 0 aromatic carbocycles. The van der Waals surface area contributed by atoms with Gasteiger partial charge in [-0.2, -0.15) is 0 Å². The van der Waals surface area contributed by atoms with E-state index in [1.807, 2.05) is 20.9 Å². The molecule has 0 aliphatic rings. The number of rotatable bonds is 6. The van der Waals surface area contributed by atoms with Crippen molar-refractivity contribution in [3.8, 4) is 0 Å². The molecule has 1 amide bonds. The summed E-state index contributed by atoms with van der Waals surface area (Å²) in [5.74, 6) is 0.0714. The Balaban J connectivity index is 3.57. The molecule has 0 aromatic heterocycles. The second-order valence-electron chi connectivity index (χ2n) is 3.53. The Bertz CT molecular complexity index is 146. The summed E-state index contributed by atoms with van der Waals surface area (Å²) in [6.07, 6.45) is 2.30. The fraction of sp³-hybridized carbons (Fsp3) is 0.900. The molecule has 0 spiro atoms. The van der Waals surface area contributed by atoms with Crippen LogP contribution in [-0.4, -0.2) is 37.1 Å². The molecule has 0 aliphatic heterocycles. The van der Waals surface area contributed by atoms with Gasteiger partial charge in [0.2, 0.25) is 5.91 Å². The van der Waals surface area contributed by atoms with E-state index >= 15 is 0 Å². The van der Waals surface area contributed by atoms with E-state index in [1.165, 1.54) is 0 Å². The lowest BCUT2D eigenvalue weighted by molar-refractivity contribution is -0.136. The highest BCUT2D eigenvalue weighted by atomic mass is 16.5. The van der Waals surface area contributed by atoms with Gasteiger partial charge >= 0.3 is 0 Å². The van der Waals surface area contributed by atoms with E-state index in [4.69, 9.17) is 4.74 Å². The molecule has 3 heteroatoms. The lowest BCUT2D eigenvalue weighted by Crippen LogP contribution is -2.31. The third-order valence-corrected chi connectivity index (χ3v) is 1.81. The Morgan fingerprint density at radius 1 is 1.46 bits per heavy atom. The Kier molecular flexibility index (Phi) is 6.59. The molecule has 0 bridgehead atoms. The maximum absolute atomic E-state index is 11.4. The fourth-order valence-corrected chi connectivity index (χ4v) is 0.868. The lowest BCUT2D eigenvalue weighted by Gasteiger charge is -2.17. The number of nitrogens with zero attached hydrogens (tertiary/aromatic N) is 1. The summed E-state index contributed by atoms with van der Waals surface area (Å²) in [6, 6.07) is 0. The van der Waals surface area contributed by atoms with Gasteiger partial charge in [-0.3, -0.25) is 4.79 Å². The molecular formula is C10H21NO2. The van der Waals surface area contributed by atoms with E-state index in [1.54, 1.807) is 4.90 Å². The summed E-state index contributed by atoms with van der Waals surface area (Å²) in [5, 5.41) is 0. The number of likely N-dealkylation sites (N-methyl/N-ethyl adjacent to an activating group) is 1. The van der Waals surface area contributed by atoms with Crippen LogP contribution in [0.4, 0.5) is 0 Å². The molecule has 13 heavy (non-hydrogen) atoms. The van der Waals surface area contributed by atoms with Gasteiger partial charge in [0.1, 0.15) is 6.61 Å². The molecule has 0 saturated carbocycles. The predicted octanol–water partition coefficient (Wildman–Crippen LogP) is 1.67. The number of amides is 1. The summed E-state index contributed by atoms with van der Waals surface area (Å²) in [4.78, 5) is 13.1. The third kappa shape index (κ3) is 6.58. The van der Waals surface area contributed by atoms with Crippen LogP contribution in [0.2, 0.25) is 0 Å². The average Bonchev–Trinajstić information content (AvgIpc) is 2.10. The summed E-state index contributed by atoms with van der Waals surface area (Å²) in [6.45, 7) is 7.01. The van der Waals surface area contributed by atoms with Crippen molar-refractivity contribution in [2.24, 2.45) is 0 Å². The van der Waals surface area contributed by atoms with Crippen LogP contribution in [0, 0.1) is 0 Å². The molecule has 0 saturated heterocycles. The van der Waals surface area contributed by atoms with Crippen LogP contribution in [-0.2, 0) is 9.53 Å². The van der Waals surface area contributed by atoms with Crippen molar-refractivity contribution in [3.63, 3.8) is 0 Å². The fourth-order valence-electron chi connectivity index (χ4n) is 0.868. The van der Waals surface area contributed by atoms with E-state index in [0.717, 1.165) is 19.4 Å². The zero-order valence-electron chi connectivity index (χ0n) is 9.17. The summed E-state index contributed by atoms with van der Waals surface area (Å²) < 4.78 is 5.21. The molecule has 0 aromatic rings. The SMILES string of the molecule is CCCCN(C)C(=O)COC(C)C. The average molecular weight is 187 g/mol. The molecule has 0 rings (SSSR count). The highest BCUT2D eigenvalue weighted by Crippen LogP contribution is 1.94. The minimum absolute atomic E-state index is 0.0714. The van der Waals surface area contributed by atoms with Gasteiger partial charge in [-0.05, 0) is 20.3 Å². The number of carbonyl (C=O) groups is 1. The predicted molar refractivity (Wildman–Crippen MR) is 53.6 cm³/mol. The second-order valence-corrected chi connectivity index (χ2v) is 3.53. The quantitative estimate of drug-likeness (QED) is 0.633. The molecule has 0 unspecified atom stereocenters. The largest absolute Gasteiger partial charge is 0.369 e. The van der Waals surface area contributed by atoms with Gasteiger partial charge in [-0.1, -0.05) is 13.3 Å². The Hall–Kier alpha value is -0.570. The molecule has 0 radical (unpaired) electrons. The highest BCUT2D eigenvalue weighted by Gasteiger charge is 2.08. The number of hydrogen-bond acceptors (Lipinski definition) is 2.